The Balaban J connectivity index is 1.58. The van der Waals surface area contributed by atoms with E-state index < -0.39 is 0 Å². The highest BCUT2D eigenvalue weighted by Gasteiger charge is 2.22. The van der Waals surface area contributed by atoms with Crippen molar-refractivity contribution in [2.75, 3.05) is 6.54 Å². The third-order valence-electron chi connectivity index (χ3n) is 3.65. The smallest absolute Gasteiger partial charge is 0.223 e. The standard InChI is InChI=1S/C13H17N5O/c1-17-10(4-6-16-17)2-3-13(19)18-7-5-11-12(8-18)15-9-14-11/h4,6,9H,2-3,5,7-8H2,1H3,(H,14,15). The monoisotopic (exact) mass is 259 g/mol. The van der Waals surface area contributed by atoms with Crippen LogP contribution in [-0.4, -0.2) is 37.1 Å². The predicted octanol–water partition coefficient (Wildman–Crippen LogP) is 0.661. The first-order valence-corrected chi connectivity index (χ1v) is 6.50. The maximum absolute atomic E-state index is 12.2. The first kappa shape index (κ1) is 12.0. The van der Waals surface area contributed by atoms with E-state index in [9.17, 15) is 4.79 Å². The quantitative estimate of drug-likeness (QED) is 0.880. The Bertz CT molecular complexity index is 585. The second kappa shape index (κ2) is 4.87. The van der Waals surface area contributed by atoms with Crippen LogP contribution in [0.4, 0.5) is 0 Å². The topological polar surface area (TPSA) is 66.8 Å². The van der Waals surface area contributed by atoms with E-state index in [1.165, 1.54) is 0 Å². The first-order valence-electron chi connectivity index (χ1n) is 6.50. The minimum atomic E-state index is 0.196. The Morgan fingerprint density at radius 1 is 1.53 bits per heavy atom. The number of hydrogen-bond donors (Lipinski definition) is 1. The fraction of sp³-hybridized carbons (Fsp3) is 0.462. The molecular weight excluding hydrogens is 242 g/mol. The van der Waals surface area contributed by atoms with Gasteiger partial charge in [-0.05, 0) is 12.5 Å². The van der Waals surface area contributed by atoms with Crippen molar-refractivity contribution in [2.45, 2.75) is 25.8 Å². The Labute approximate surface area is 111 Å². The van der Waals surface area contributed by atoms with Crippen LogP contribution < -0.4 is 0 Å². The average molecular weight is 259 g/mol. The molecule has 6 heteroatoms. The molecule has 1 N–H and O–H groups in total. The molecule has 19 heavy (non-hydrogen) atoms. The molecule has 0 aromatic carbocycles. The summed E-state index contributed by atoms with van der Waals surface area (Å²) in [4.78, 5) is 21.4. The molecule has 1 amide bonds. The van der Waals surface area contributed by atoms with Crippen molar-refractivity contribution < 1.29 is 4.79 Å². The zero-order valence-corrected chi connectivity index (χ0v) is 11.0. The Morgan fingerprint density at radius 3 is 3.21 bits per heavy atom. The van der Waals surface area contributed by atoms with E-state index in [0.717, 1.165) is 36.5 Å². The molecule has 0 saturated carbocycles. The molecule has 100 valence electrons. The zero-order chi connectivity index (χ0) is 13.2. The number of amides is 1. The van der Waals surface area contributed by atoms with Gasteiger partial charge in [-0.25, -0.2) is 4.98 Å². The summed E-state index contributed by atoms with van der Waals surface area (Å²) in [6.07, 6.45) is 5.58. The zero-order valence-electron chi connectivity index (χ0n) is 11.0. The molecule has 2 aromatic heterocycles. The summed E-state index contributed by atoms with van der Waals surface area (Å²) in [5.41, 5.74) is 3.25. The summed E-state index contributed by atoms with van der Waals surface area (Å²) in [7, 11) is 1.90. The number of aromatic nitrogens is 4. The largest absolute Gasteiger partial charge is 0.347 e. The average Bonchev–Trinajstić information content (AvgIpc) is 3.03. The van der Waals surface area contributed by atoms with Gasteiger partial charge < -0.3 is 9.88 Å². The number of nitrogens with zero attached hydrogens (tertiary/aromatic N) is 4. The van der Waals surface area contributed by atoms with Crippen LogP contribution in [0.25, 0.3) is 0 Å². The van der Waals surface area contributed by atoms with Crippen molar-refractivity contribution in [3.8, 4) is 0 Å². The van der Waals surface area contributed by atoms with Gasteiger partial charge in [0, 0.05) is 38.3 Å². The van der Waals surface area contributed by atoms with E-state index >= 15 is 0 Å². The van der Waals surface area contributed by atoms with Crippen LogP contribution in [0, 0.1) is 0 Å². The number of aryl methyl sites for hydroxylation is 2. The summed E-state index contributed by atoms with van der Waals surface area (Å²) in [5.74, 6) is 0.196. The fourth-order valence-electron chi connectivity index (χ4n) is 2.46. The molecule has 0 fully saturated rings. The number of fused-ring (bicyclic) bond motifs is 1. The van der Waals surface area contributed by atoms with Crippen molar-refractivity contribution in [1.82, 2.24) is 24.6 Å². The van der Waals surface area contributed by atoms with Gasteiger partial charge >= 0.3 is 0 Å². The number of carbonyl (C=O) groups is 1. The lowest BCUT2D eigenvalue weighted by Crippen LogP contribution is -2.36. The number of nitrogens with one attached hydrogen (secondary N) is 1. The molecule has 2 aromatic rings. The van der Waals surface area contributed by atoms with Gasteiger partial charge in [0.15, 0.2) is 0 Å². The molecule has 0 radical (unpaired) electrons. The highest BCUT2D eigenvalue weighted by atomic mass is 16.2. The Hall–Kier alpha value is -2.11. The van der Waals surface area contributed by atoms with E-state index in [0.29, 0.717) is 13.0 Å². The number of carbonyl (C=O) groups excluding carboxylic acids is 1. The van der Waals surface area contributed by atoms with Crippen LogP contribution in [-0.2, 0) is 31.2 Å². The van der Waals surface area contributed by atoms with E-state index in [1.54, 1.807) is 12.5 Å². The highest BCUT2D eigenvalue weighted by molar-refractivity contribution is 5.76. The molecule has 1 aliphatic rings. The normalized spacial score (nSPS) is 14.5. The van der Waals surface area contributed by atoms with Gasteiger partial charge in [0.25, 0.3) is 0 Å². The summed E-state index contributed by atoms with van der Waals surface area (Å²) >= 11 is 0. The van der Waals surface area contributed by atoms with E-state index in [-0.39, 0.29) is 5.91 Å². The van der Waals surface area contributed by atoms with Gasteiger partial charge in [-0.3, -0.25) is 9.48 Å². The van der Waals surface area contributed by atoms with Crippen LogP contribution in [0.1, 0.15) is 23.5 Å². The van der Waals surface area contributed by atoms with Crippen molar-refractivity contribution in [2.24, 2.45) is 7.05 Å². The Morgan fingerprint density at radius 2 is 2.42 bits per heavy atom. The summed E-state index contributed by atoms with van der Waals surface area (Å²) in [5, 5.41) is 4.11. The molecule has 3 heterocycles. The summed E-state index contributed by atoms with van der Waals surface area (Å²) < 4.78 is 1.82. The lowest BCUT2D eigenvalue weighted by atomic mass is 10.1. The minimum absolute atomic E-state index is 0.196. The first-order chi connectivity index (χ1) is 9.24. The lowest BCUT2D eigenvalue weighted by molar-refractivity contribution is -0.132. The molecule has 0 bridgehead atoms. The van der Waals surface area contributed by atoms with Gasteiger partial charge in [0.05, 0.1) is 24.3 Å². The molecule has 3 rings (SSSR count). The van der Waals surface area contributed by atoms with Gasteiger partial charge in [0.2, 0.25) is 5.91 Å². The predicted molar refractivity (Wildman–Crippen MR) is 69.2 cm³/mol. The molecular formula is C13H17N5O. The summed E-state index contributed by atoms with van der Waals surface area (Å²) in [6.45, 7) is 1.42. The second-order valence-corrected chi connectivity index (χ2v) is 4.84. The van der Waals surface area contributed by atoms with Crippen LogP contribution in [0.2, 0.25) is 0 Å². The highest BCUT2D eigenvalue weighted by Crippen LogP contribution is 2.16. The van der Waals surface area contributed by atoms with Gasteiger partial charge in [-0.1, -0.05) is 0 Å². The molecule has 0 spiro atoms. The van der Waals surface area contributed by atoms with Crippen LogP contribution in [0.5, 0.6) is 0 Å². The van der Waals surface area contributed by atoms with Crippen molar-refractivity contribution >= 4 is 5.91 Å². The minimum Gasteiger partial charge on any atom is -0.347 e. The maximum atomic E-state index is 12.2. The number of aromatic amines is 1. The molecule has 0 unspecified atom stereocenters. The number of rotatable bonds is 3. The third-order valence-corrected chi connectivity index (χ3v) is 3.65. The molecule has 0 saturated heterocycles. The van der Waals surface area contributed by atoms with Crippen LogP contribution in [0.15, 0.2) is 18.6 Å². The molecule has 0 aliphatic carbocycles. The van der Waals surface area contributed by atoms with Gasteiger partial charge in [-0.2, -0.15) is 5.10 Å². The summed E-state index contributed by atoms with van der Waals surface area (Å²) in [6, 6.07) is 1.95. The van der Waals surface area contributed by atoms with E-state index in [2.05, 4.69) is 15.1 Å². The van der Waals surface area contributed by atoms with Crippen molar-refractivity contribution in [3.05, 3.63) is 35.7 Å². The number of hydrogen-bond acceptors (Lipinski definition) is 3. The van der Waals surface area contributed by atoms with Crippen LogP contribution in [0.3, 0.4) is 0 Å². The second-order valence-electron chi connectivity index (χ2n) is 4.84. The fourth-order valence-corrected chi connectivity index (χ4v) is 2.46. The van der Waals surface area contributed by atoms with E-state index in [1.807, 2.05) is 22.7 Å². The third kappa shape index (κ3) is 2.38. The Kier molecular flexibility index (Phi) is 3.06. The van der Waals surface area contributed by atoms with Gasteiger partial charge in [0.1, 0.15) is 0 Å². The van der Waals surface area contributed by atoms with Crippen molar-refractivity contribution in [3.63, 3.8) is 0 Å². The lowest BCUT2D eigenvalue weighted by Gasteiger charge is -2.26. The number of imidazole rings is 1. The number of H-pyrrole nitrogens is 1. The molecule has 1 aliphatic heterocycles. The van der Waals surface area contributed by atoms with Crippen molar-refractivity contribution in [1.29, 1.82) is 0 Å². The van der Waals surface area contributed by atoms with Gasteiger partial charge in [-0.15, -0.1) is 0 Å². The molecule has 0 atom stereocenters. The maximum Gasteiger partial charge on any atom is 0.223 e. The van der Waals surface area contributed by atoms with Crippen LogP contribution >= 0.6 is 0 Å². The molecule has 6 nitrogen and oxygen atoms in total. The van der Waals surface area contributed by atoms with E-state index in [4.69, 9.17) is 0 Å². The SMILES string of the molecule is Cn1nccc1CCC(=O)N1CCc2nc[nH]c2C1.